The van der Waals surface area contributed by atoms with E-state index in [2.05, 4.69) is 16.0 Å². The van der Waals surface area contributed by atoms with Gasteiger partial charge < -0.3 is 14.0 Å². The lowest BCUT2D eigenvalue weighted by atomic mass is 9.85. The normalized spacial score (nSPS) is 15.1. The average molecular weight is 527 g/mol. The van der Waals surface area contributed by atoms with Gasteiger partial charge in [-0.1, -0.05) is 23.7 Å². The SMILES string of the molecule is COc1ncc(-c2nc3c(n2C(C)C)C2c4ccc(C#N)cc4-c4c(Cl)ccc(C)c4N2C3=O)c(OC)n1. The highest BCUT2D eigenvalue weighted by Crippen LogP contribution is 2.55. The molecule has 2 aliphatic rings. The van der Waals surface area contributed by atoms with Gasteiger partial charge in [-0.25, -0.2) is 9.97 Å². The van der Waals surface area contributed by atoms with Gasteiger partial charge in [0.25, 0.3) is 5.91 Å². The average Bonchev–Trinajstić information content (AvgIpc) is 3.45. The second-order valence-electron chi connectivity index (χ2n) is 9.49. The topological polar surface area (TPSA) is 106 Å². The standard InChI is InChI=1S/C28H23ClN6O3/c1-13(2)34-24-21(32-25(34)18-12-31-28(38-5)33-26(18)37-4)27(36)35-22-14(3)6-9-19(29)20(22)17-10-15(11-30)7-8-16(17)23(24)35/h6-10,12-13,23H,1-5H3. The van der Waals surface area contributed by atoms with Crippen LogP contribution in [0.25, 0.3) is 22.5 Å². The van der Waals surface area contributed by atoms with Crippen LogP contribution in [0.2, 0.25) is 5.02 Å². The van der Waals surface area contributed by atoms with Crippen molar-refractivity contribution in [3.8, 4) is 40.5 Å². The van der Waals surface area contributed by atoms with Crippen LogP contribution in [0.1, 0.15) is 58.8 Å². The first-order valence-electron chi connectivity index (χ1n) is 12.0. The molecule has 1 unspecified atom stereocenters. The summed E-state index contributed by atoms with van der Waals surface area (Å²) in [6, 6.07) is 11.1. The molecule has 0 saturated carbocycles. The van der Waals surface area contributed by atoms with Gasteiger partial charge in [0.05, 0.1) is 47.8 Å². The highest BCUT2D eigenvalue weighted by Gasteiger charge is 2.49. The Kier molecular flexibility index (Phi) is 5.40. The zero-order chi connectivity index (χ0) is 26.9. The van der Waals surface area contributed by atoms with Crippen LogP contribution in [0.5, 0.6) is 11.9 Å². The fourth-order valence-electron chi connectivity index (χ4n) is 5.52. The minimum absolute atomic E-state index is 0.0653. The summed E-state index contributed by atoms with van der Waals surface area (Å²) in [7, 11) is 3.00. The number of halogens is 1. The maximum atomic E-state index is 14.1. The highest BCUT2D eigenvalue weighted by atomic mass is 35.5. The van der Waals surface area contributed by atoms with E-state index >= 15 is 0 Å². The summed E-state index contributed by atoms with van der Waals surface area (Å²) in [6.07, 6.45) is 1.59. The van der Waals surface area contributed by atoms with Crippen LogP contribution >= 0.6 is 11.6 Å². The molecule has 0 fully saturated rings. The summed E-state index contributed by atoms with van der Waals surface area (Å²) >= 11 is 6.73. The summed E-state index contributed by atoms with van der Waals surface area (Å²) in [5.41, 5.74) is 6.26. The summed E-state index contributed by atoms with van der Waals surface area (Å²) < 4.78 is 12.7. The molecule has 2 aliphatic heterocycles. The first-order valence-corrected chi connectivity index (χ1v) is 12.4. The summed E-state index contributed by atoms with van der Waals surface area (Å²) in [4.78, 5) is 29.4. The van der Waals surface area contributed by atoms with Crippen LogP contribution in [0, 0.1) is 18.3 Å². The third-order valence-electron chi connectivity index (χ3n) is 7.07. The fourth-order valence-corrected chi connectivity index (χ4v) is 5.78. The minimum atomic E-state index is -0.460. The summed E-state index contributed by atoms with van der Waals surface area (Å²) in [5, 5.41) is 10.2. The van der Waals surface area contributed by atoms with Gasteiger partial charge in [-0.15, -0.1) is 0 Å². The number of carbonyl (C=O) groups is 1. The van der Waals surface area contributed by atoms with Crippen LogP contribution in [-0.2, 0) is 0 Å². The Morgan fingerprint density at radius 2 is 1.89 bits per heavy atom. The predicted molar refractivity (Wildman–Crippen MR) is 142 cm³/mol. The van der Waals surface area contributed by atoms with E-state index in [1.54, 1.807) is 17.2 Å². The van der Waals surface area contributed by atoms with Gasteiger partial charge in [-0.05, 0) is 55.7 Å². The van der Waals surface area contributed by atoms with Crippen molar-refractivity contribution < 1.29 is 14.3 Å². The molecule has 0 aliphatic carbocycles. The Bertz CT molecular complexity index is 1700. The molecule has 4 heterocycles. The molecule has 38 heavy (non-hydrogen) atoms. The molecule has 1 amide bonds. The molecule has 10 heteroatoms. The van der Waals surface area contributed by atoms with Gasteiger partial charge in [0, 0.05) is 17.8 Å². The number of aromatic nitrogens is 4. The van der Waals surface area contributed by atoms with Crippen molar-refractivity contribution in [3.05, 3.63) is 69.6 Å². The number of rotatable bonds is 4. The van der Waals surface area contributed by atoms with E-state index in [1.165, 1.54) is 14.2 Å². The molecule has 6 rings (SSSR count). The third kappa shape index (κ3) is 3.17. The van der Waals surface area contributed by atoms with E-state index in [1.807, 2.05) is 49.6 Å². The summed E-state index contributed by atoms with van der Waals surface area (Å²) in [5.74, 6) is 0.601. The molecule has 0 radical (unpaired) electrons. The van der Waals surface area contributed by atoms with Crippen molar-refractivity contribution in [2.45, 2.75) is 32.9 Å². The van der Waals surface area contributed by atoms with E-state index in [-0.39, 0.29) is 18.0 Å². The minimum Gasteiger partial charge on any atom is -0.480 e. The van der Waals surface area contributed by atoms with E-state index in [4.69, 9.17) is 26.1 Å². The van der Waals surface area contributed by atoms with Gasteiger partial charge in [0.15, 0.2) is 5.69 Å². The van der Waals surface area contributed by atoms with E-state index < -0.39 is 6.04 Å². The summed E-state index contributed by atoms with van der Waals surface area (Å²) in [6.45, 7) is 6.03. The molecule has 0 saturated heterocycles. The number of nitrogens with zero attached hydrogens (tertiary/aromatic N) is 6. The molecule has 0 spiro atoms. The quantitative estimate of drug-likeness (QED) is 0.345. The molecular weight excluding hydrogens is 504 g/mol. The molecule has 2 aromatic heterocycles. The number of carbonyl (C=O) groups excluding carboxylic acids is 1. The van der Waals surface area contributed by atoms with Gasteiger partial charge in [0.2, 0.25) is 5.88 Å². The lowest BCUT2D eigenvalue weighted by molar-refractivity contribution is 0.0989. The smallest absolute Gasteiger partial charge is 0.319 e. The fraction of sp³-hybridized carbons (Fsp3) is 0.250. The van der Waals surface area contributed by atoms with Crippen LogP contribution in [0.4, 0.5) is 5.69 Å². The lowest BCUT2D eigenvalue weighted by Gasteiger charge is -2.36. The predicted octanol–water partition coefficient (Wildman–Crippen LogP) is 5.50. The Morgan fingerprint density at radius 3 is 2.58 bits per heavy atom. The van der Waals surface area contributed by atoms with Crippen LogP contribution in [0.15, 0.2) is 36.5 Å². The van der Waals surface area contributed by atoms with Gasteiger partial charge in [-0.3, -0.25) is 9.69 Å². The van der Waals surface area contributed by atoms with Crippen molar-refractivity contribution in [3.63, 3.8) is 0 Å². The number of aryl methyl sites for hydroxylation is 1. The number of imidazole rings is 1. The number of hydrogen-bond acceptors (Lipinski definition) is 7. The molecule has 4 aromatic rings. The number of benzene rings is 2. The van der Waals surface area contributed by atoms with Crippen LogP contribution < -0.4 is 14.4 Å². The molecule has 190 valence electrons. The Morgan fingerprint density at radius 1 is 1.11 bits per heavy atom. The van der Waals surface area contributed by atoms with E-state index in [0.717, 1.165) is 33.6 Å². The largest absolute Gasteiger partial charge is 0.480 e. The number of ether oxygens (including phenoxy) is 2. The van der Waals surface area contributed by atoms with Gasteiger partial charge in [-0.2, -0.15) is 10.2 Å². The molecule has 9 nitrogen and oxygen atoms in total. The Balaban J connectivity index is 1.67. The van der Waals surface area contributed by atoms with Crippen molar-refractivity contribution in [2.24, 2.45) is 0 Å². The first-order chi connectivity index (χ1) is 18.3. The molecule has 1 atom stereocenters. The number of hydrogen-bond donors (Lipinski definition) is 0. The van der Waals surface area contributed by atoms with Crippen molar-refractivity contribution in [1.29, 1.82) is 5.26 Å². The van der Waals surface area contributed by atoms with E-state index in [9.17, 15) is 10.1 Å². The maximum absolute atomic E-state index is 14.1. The molecule has 0 N–H and O–H groups in total. The Labute approximate surface area is 224 Å². The molecule has 0 bridgehead atoms. The lowest BCUT2D eigenvalue weighted by Crippen LogP contribution is -2.34. The zero-order valence-electron chi connectivity index (χ0n) is 21.4. The number of nitriles is 1. The number of amides is 1. The van der Waals surface area contributed by atoms with Gasteiger partial charge in [0.1, 0.15) is 11.9 Å². The second kappa shape index (κ2) is 8.57. The monoisotopic (exact) mass is 526 g/mol. The van der Waals surface area contributed by atoms with Crippen molar-refractivity contribution >= 4 is 23.2 Å². The highest BCUT2D eigenvalue weighted by molar-refractivity contribution is 6.35. The van der Waals surface area contributed by atoms with Crippen molar-refractivity contribution in [2.75, 3.05) is 19.1 Å². The molecule has 2 aromatic carbocycles. The van der Waals surface area contributed by atoms with E-state index in [0.29, 0.717) is 33.5 Å². The maximum Gasteiger partial charge on any atom is 0.319 e. The number of fused-ring (bicyclic) bond motifs is 8. The Hall–Kier alpha value is -4.42. The van der Waals surface area contributed by atoms with Crippen LogP contribution in [-0.4, -0.2) is 39.6 Å². The number of methoxy groups -OCH3 is 2. The molecular formula is C28H23ClN6O3. The second-order valence-corrected chi connectivity index (χ2v) is 9.90. The van der Waals surface area contributed by atoms with Crippen LogP contribution in [0.3, 0.4) is 0 Å². The van der Waals surface area contributed by atoms with Crippen molar-refractivity contribution in [1.82, 2.24) is 19.5 Å². The van der Waals surface area contributed by atoms with Gasteiger partial charge >= 0.3 is 6.01 Å². The number of anilines is 1. The first kappa shape index (κ1) is 23.9. The zero-order valence-corrected chi connectivity index (χ0v) is 22.2. The third-order valence-corrected chi connectivity index (χ3v) is 7.38.